The van der Waals surface area contributed by atoms with Crippen LogP contribution in [0.3, 0.4) is 0 Å². The SMILES string of the molecule is N#Cc1ccc2c(S(=O)(=O)[O-])cccc2c1. The van der Waals surface area contributed by atoms with Gasteiger partial charge in [-0.2, -0.15) is 5.26 Å². The van der Waals surface area contributed by atoms with Crippen molar-refractivity contribution in [2.75, 3.05) is 0 Å². The number of hydrogen-bond acceptors (Lipinski definition) is 4. The van der Waals surface area contributed by atoms with Gasteiger partial charge in [-0.3, -0.25) is 0 Å². The first kappa shape index (κ1) is 10.6. The minimum atomic E-state index is -4.48. The van der Waals surface area contributed by atoms with Gasteiger partial charge in [0.2, 0.25) is 0 Å². The molecule has 2 aromatic rings. The molecule has 0 atom stereocenters. The van der Waals surface area contributed by atoms with Crippen LogP contribution in [-0.2, 0) is 10.1 Å². The molecule has 4 nitrogen and oxygen atoms in total. The van der Waals surface area contributed by atoms with Crippen molar-refractivity contribution >= 4 is 20.9 Å². The molecule has 0 aliphatic carbocycles. The van der Waals surface area contributed by atoms with Gasteiger partial charge in [0.05, 0.1) is 16.5 Å². The molecule has 0 spiro atoms. The highest BCUT2D eigenvalue weighted by Gasteiger charge is 2.06. The molecular formula is C11H6NO3S-. The monoisotopic (exact) mass is 232 g/mol. The van der Waals surface area contributed by atoms with Crippen molar-refractivity contribution in [1.29, 1.82) is 5.26 Å². The van der Waals surface area contributed by atoms with Gasteiger partial charge in [0.1, 0.15) is 10.1 Å². The third-order valence-electron chi connectivity index (χ3n) is 2.24. The maximum atomic E-state index is 11.0. The Hall–Kier alpha value is -1.90. The molecule has 0 saturated carbocycles. The van der Waals surface area contributed by atoms with E-state index < -0.39 is 10.1 Å². The molecule has 2 aromatic carbocycles. The smallest absolute Gasteiger partial charge is 0.125 e. The Morgan fingerprint density at radius 1 is 1.19 bits per heavy atom. The summed E-state index contributed by atoms with van der Waals surface area (Å²) in [6, 6.07) is 10.8. The molecule has 2 rings (SSSR count). The van der Waals surface area contributed by atoms with Crippen LogP contribution in [0.15, 0.2) is 41.3 Å². The highest BCUT2D eigenvalue weighted by atomic mass is 32.2. The lowest BCUT2D eigenvalue weighted by atomic mass is 10.1. The second kappa shape index (κ2) is 3.59. The van der Waals surface area contributed by atoms with E-state index >= 15 is 0 Å². The van der Waals surface area contributed by atoms with Crippen molar-refractivity contribution < 1.29 is 13.0 Å². The summed E-state index contributed by atoms with van der Waals surface area (Å²) in [6.45, 7) is 0. The number of benzene rings is 2. The molecule has 0 saturated heterocycles. The summed E-state index contributed by atoms with van der Waals surface area (Å²) in [7, 11) is -4.48. The molecule has 16 heavy (non-hydrogen) atoms. The lowest BCUT2D eigenvalue weighted by Gasteiger charge is -2.10. The quantitative estimate of drug-likeness (QED) is 0.699. The van der Waals surface area contributed by atoms with Crippen LogP contribution in [0.4, 0.5) is 0 Å². The van der Waals surface area contributed by atoms with Crippen LogP contribution < -0.4 is 0 Å². The van der Waals surface area contributed by atoms with E-state index in [1.807, 2.05) is 6.07 Å². The summed E-state index contributed by atoms with van der Waals surface area (Å²) in [4.78, 5) is -0.255. The summed E-state index contributed by atoms with van der Waals surface area (Å²) in [6.07, 6.45) is 0. The first-order valence-corrected chi connectivity index (χ1v) is 5.82. The van der Waals surface area contributed by atoms with Crippen molar-refractivity contribution in [3.8, 4) is 6.07 Å². The van der Waals surface area contributed by atoms with E-state index in [1.54, 1.807) is 12.1 Å². The summed E-state index contributed by atoms with van der Waals surface area (Å²) in [5.41, 5.74) is 0.424. The number of rotatable bonds is 1. The van der Waals surface area contributed by atoms with Gasteiger partial charge < -0.3 is 4.55 Å². The van der Waals surface area contributed by atoms with Crippen molar-refractivity contribution in [3.63, 3.8) is 0 Å². The van der Waals surface area contributed by atoms with Gasteiger partial charge in [0, 0.05) is 0 Å². The normalized spacial score (nSPS) is 11.2. The molecular weight excluding hydrogens is 226 g/mol. The van der Waals surface area contributed by atoms with Crippen molar-refractivity contribution in [1.82, 2.24) is 0 Å². The second-order valence-corrected chi connectivity index (χ2v) is 4.61. The van der Waals surface area contributed by atoms with Crippen LogP contribution >= 0.6 is 0 Å². The van der Waals surface area contributed by atoms with E-state index in [1.165, 1.54) is 24.3 Å². The summed E-state index contributed by atoms with van der Waals surface area (Å²) in [5, 5.41) is 9.61. The third kappa shape index (κ3) is 1.76. The van der Waals surface area contributed by atoms with E-state index in [4.69, 9.17) is 5.26 Å². The van der Waals surface area contributed by atoms with Crippen LogP contribution in [0.5, 0.6) is 0 Å². The Bertz CT molecular complexity index is 699. The fourth-order valence-electron chi connectivity index (χ4n) is 1.54. The van der Waals surface area contributed by atoms with Crippen LogP contribution in [0.1, 0.15) is 5.56 Å². The Morgan fingerprint density at radius 2 is 1.94 bits per heavy atom. The zero-order valence-corrected chi connectivity index (χ0v) is 8.86. The number of nitrogens with zero attached hydrogens (tertiary/aromatic N) is 1. The van der Waals surface area contributed by atoms with Gasteiger partial charge in [-0.1, -0.05) is 18.2 Å². The molecule has 0 radical (unpaired) electrons. The highest BCUT2D eigenvalue weighted by Crippen LogP contribution is 2.23. The lowest BCUT2D eigenvalue weighted by Crippen LogP contribution is -1.99. The largest absolute Gasteiger partial charge is 0.744 e. The predicted molar refractivity (Wildman–Crippen MR) is 56.6 cm³/mol. The van der Waals surface area contributed by atoms with Crippen LogP contribution in [0.25, 0.3) is 10.8 Å². The van der Waals surface area contributed by atoms with Gasteiger partial charge in [-0.15, -0.1) is 0 Å². The minimum absolute atomic E-state index is 0.255. The fraction of sp³-hybridized carbons (Fsp3) is 0. The lowest BCUT2D eigenvalue weighted by molar-refractivity contribution is 0.464. The highest BCUT2D eigenvalue weighted by molar-refractivity contribution is 7.86. The van der Waals surface area contributed by atoms with E-state index in [2.05, 4.69) is 0 Å². The van der Waals surface area contributed by atoms with Gasteiger partial charge in [0.15, 0.2) is 0 Å². The molecule has 0 bridgehead atoms. The summed E-state index contributed by atoms with van der Waals surface area (Å²) >= 11 is 0. The number of hydrogen-bond donors (Lipinski definition) is 0. The van der Waals surface area contributed by atoms with Gasteiger partial charge in [-0.25, -0.2) is 8.42 Å². The average molecular weight is 232 g/mol. The van der Waals surface area contributed by atoms with Gasteiger partial charge in [-0.05, 0) is 29.0 Å². The van der Waals surface area contributed by atoms with Gasteiger partial charge in [0.25, 0.3) is 0 Å². The van der Waals surface area contributed by atoms with E-state index in [0.717, 1.165) is 0 Å². The van der Waals surface area contributed by atoms with Crippen LogP contribution in [-0.4, -0.2) is 13.0 Å². The topological polar surface area (TPSA) is 81.0 Å². The first-order valence-electron chi connectivity index (χ1n) is 4.41. The Labute approximate surface area is 92.5 Å². The minimum Gasteiger partial charge on any atom is -0.744 e. The molecule has 0 fully saturated rings. The van der Waals surface area contributed by atoms with E-state index in [9.17, 15) is 13.0 Å². The fourth-order valence-corrected chi connectivity index (χ4v) is 2.24. The predicted octanol–water partition coefficient (Wildman–Crippen LogP) is 1.62. The van der Waals surface area contributed by atoms with Crippen molar-refractivity contribution in [3.05, 3.63) is 42.0 Å². The Balaban J connectivity index is 2.87. The molecule has 0 aromatic heterocycles. The summed E-state index contributed by atoms with van der Waals surface area (Å²) < 4.78 is 32.9. The van der Waals surface area contributed by atoms with Crippen LogP contribution in [0, 0.1) is 11.3 Å². The van der Waals surface area contributed by atoms with E-state index in [-0.39, 0.29) is 4.90 Å². The number of fused-ring (bicyclic) bond motifs is 1. The molecule has 5 heteroatoms. The molecule has 0 heterocycles. The summed E-state index contributed by atoms with van der Waals surface area (Å²) in [5.74, 6) is 0. The molecule has 80 valence electrons. The maximum absolute atomic E-state index is 11.0. The van der Waals surface area contributed by atoms with Crippen molar-refractivity contribution in [2.24, 2.45) is 0 Å². The second-order valence-electron chi connectivity index (χ2n) is 3.26. The Kier molecular flexibility index (Phi) is 2.38. The van der Waals surface area contributed by atoms with E-state index in [0.29, 0.717) is 16.3 Å². The Morgan fingerprint density at radius 3 is 2.56 bits per heavy atom. The molecule has 0 N–H and O–H groups in total. The third-order valence-corrected chi connectivity index (χ3v) is 3.13. The zero-order valence-electron chi connectivity index (χ0n) is 8.04. The van der Waals surface area contributed by atoms with Gasteiger partial charge >= 0.3 is 0 Å². The molecule has 0 amide bonds. The maximum Gasteiger partial charge on any atom is 0.125 e. The zero-order chi connectivity index (χ0) is 11.8. The first-order chi connectivity index (χ1) is 7.52. The average Bonchev–Trinajstić information content (AvgIpc) is 2.26. The molecule has 0 aliphatic rings. The van der Waals surface area contributed by atoms with Crippen LogP contribution in [0.2, 0.25) is 0 Å². The standard InChI is InChI=1S/C11H7NO3S/c12-7-8-4-5-10-9(6-8)2-1-3-11(10)16(13,14)15/h1-6H,(H,13,14,15)/p-1. The van der Waals surface area contributed by atoms with Crippen molar-refractivity contribution in [2.45, 2.75) is 4.90 Å². The molecule has 0 unspecified atom stereocenters. The molecule has 0 aliphatic heterocycles. The number of nitriles is 1.